The molecule has 2 aromatic carbocycles. The number of carbonyl (C=O) groups excluding carboxylic acids is 1. The molecule has 1 aliphatic carbocycles. The second-order valence-electron chi connectivity index (χ2n) is 7.33. The molecule has 1 fully saturated rings. The zero-order valence-electron chi connectivity index (χ0n) is 14.3. The van der Waals surface area contributed by atoms with Crippen molar-refractivity contribution in [3.8, 4) is 11.1 Å². The van der Waals surface area contributed by atoms with E-state index in [-0.39, 0.29) is 11.3 Å². The van der Waals surface area contributed by atoms with Gasteiger partial charge < -0.3 is 4.90 Å². The Morgan fingerprint density at radius 2 is 2.00 bits per heavy atom. The minimum atomic E-state index is -0.314. The van der Waals surface area contributed by atoms with Gasteiger partial charge in [-0.15, -0.1) is 0 Å². The lowest BCUT2D eigenvalue weighted by Gasteiger charge is -2.11. The van der Waals surface area contributed by atoms with Crippen molar-refractivity contribution >= 4 is 33.4 Å². The van der Waals surface area contributed by atoms with E-state index in [1.165, 1.54) is 0 Å². The molecule has 1 N–H and O–H groups in total. The van der Waals surface area contributed by atoms with Crippen molar-refractivity contribution in [2.24, 2.45) is 0 Å². The molecule has 1 amide bonds. The standard InChI is InChI=1S/C21H16N4O/c1-25-18-11-22-16-6-5-12(13-3-2-4-17-15(13)10-23-24-17)9-14(16)19(18)21(7-8-21)20(25)26/h2-6,9-11H,7-8H2,1H3,(H,23,24). The fraction of sp³-hybridized carbons (Fsp3) is 0.190. The molecule has 5 nitrogen and oxygen atoms in total. The number of nitrogens with zero attached hydrogens (tertiary/aromatic N) is 3. The van der Waals surface area contributed by atoms with Crippen LogP contribution in [0.4, 0.5) is 5.69 Å². The Hall–Kier alpha value is -3.21. The third-order valence-electron chi connectivity index (χ3n) is 5.95. The van der Waals surface area contributed by atoms with Gasteiger partial charge in [-0.2, -0.15) is 5.10 Å². The summed E-state index contributed by atoms with van der Waals surface area (Å²) in [5, 5.41) is 9.39. The van der Waals surface area contributed by atoms with E-state index in [2.05, 4.69) is 39.4 Å². The molecule has 2 aromatic heterocycles. The van der Waals surface area contributed by atoms with E-state index in [0.29, 0.717) is 0 Å². The Balaban J connectivity index is 1.66. The van der Waals surface area contributed by atoms with E-state index in [4.69, 9.17) is 0 Å². The van der Waals surface area contributed by atoms with E-state index < -0.39 is 0 Å². The molecule has 26 heavy (non-hydrogen) atoms. The summed E-state index contributed by atoms with van der Waals surface area (Å²) in [6, 6.07) is 12.5. The van der Waals surface area contributed by atoms with Crippen LogP contribution in [0.1, 0.15) is 18.4 Å². The summed E-state index contributed by atoms with van der Waals surface area (Å²) in [6.45, 7) is 0. The molecule has 1 aliphatic heterocycles. The van der Waals surface area contributed by atoms with Crippen molar-refractivity contribution in [1.29, 1.82) is 0 Å². The molecule has 0 unspecified atom stereocenters. The second kappa shape index (κ2) is 4.49. The van der Waals surface area contributed by atoms with Gasteiger partial charge in [-0.05, 0) is 42.2 Å². The molecular formula is C21H16N4O. The van der Waals surface area contributed by atoms with Crippen molar-refractivity contribution in [1.82, 2.24) is 15.2 Å². The molecule has 0 radical (unpaired) electrons. The van der Waals surface area contributed by atoms with Gasteiger partial charge >= 0.3 is 0 Å². The summed E-state index contributed by atoms with van der Waals surface area (Å²) in [7, 11) is 1.86. The molecule has 1 spiro atoms. The van der Waals surface area contributed by atoms with E-state index in [1.807, 2.05) is 31.6 Å². The van der Waals surface area contributed by atoms with Crippen molar-refractivity contribution in [2.45, 2.75) is 18.3 Å². The van der Waals surface area contributed by atoms with Crippen molar-refractivity contribution < 1.29 is 4.79 Å². The maximum atomic E-state index is 12.8. The normalized spacial score (nSPS) is 17.4. The average molecular weight is 340 g/mol. The van der Waals surface area contributed by atoms with Crippen LogP contribution in [0.3, 0.4) is 0 Å². The molecule has 126 valence electrons. The third-order valence-corrected chi connectivity index (χ3v) is 5.95. The smallest absolute Gasteiger partial charge is 0.237 e. The molecule has 0 saturated heterocycles. The summed E-state index contributed by atoms with van der Waals surface area (Å²) in [4.78, 5) is 19.2. The number of rotatable bonds is 1. The van der Waals surface area contributed by atoms with Gasteiger partial charge in [0, 0.05) is 23.4 Å². The molecule has 4 aromatic rings. The number of benzene rings is 2. The van der Waals surface area contributed by atoms with Gasteiger partial charge in [-0.3, -0.25) is 14.9 Å². The number of hydrogen-bond acceptors (Lipinski definition) is 3. The number of amides is 1. The lowest BCUT2D eigenvalue weighted by molar-refractivity contribution is -0.119. The number of anilines is 1. The van der Waals surface area contributed by atoms with Crippen LogP contribution in [-0.2, 0) is 10.2 Å². The highest BCUT2D eigenvalue weighted by atomic mass is 16.2. The highest BCUT2D eigenvalue weighted by Crippen LogP contribution is 2.58. The number of aromatic nitrogens is 3. The van der Waals surface area contributed by atoms with Crippen LogP contribution in [-0.4, -0.2) is 28.1 Å². The van der Waals surface area contributed by atoms with E-state index in [9.17, 15) is 4.79 Å². The van der Waals surface area contributed by atoms with Gasteiger partial charge in [0.25, 0.3) is 0 Å². The average Bonchev–Trinajstić information content (AvgIpc) is 3.27. The van der Waals surface area contributed by atoms with Crippen LogP contribution in [0.15, 0.2) is 48.8 Å². The Morgan fingerprint density at radius 3 is 2.85 bits per heavy atom. The fourth-order valence-electron chi connectivity index (χ4n) is 4.45. The predicted octanol–water partition coefficient (Wildman–Crippen LogP) is 3.79. The minimum Gasteiger partial charge on any atom is -0.313 e. The Kier molecular flexibility index (Phi) is 2.42. The summed E-state index contributed by atoms with van der Waals surface area (Å²) in [6.07, 6.45) is 5.58. The summed E-state index contributed by atoms with van der Waals surface area (Å²) >= 11 is 0. The van der Waals surface area contributed by atoms with Crippen LogP contribution in [0.5, 0.6) is 0 Å². The van der Waals surface area contributed by atoms with Gasteiger partial charge in [-0.25, -0.2) is 0 Å². The first-order chi connectivity index (χ1) is 12.7. The highest BCUT2D eigenvalue weighted by molar-refractivity contribution is 6.14. The van der Waals surface area contributed by atoms with E-state index in [0.717, 1.165) is 57.0 Å². The molecule has 0 bridgehead atoms. The van der Waals surface area contributed by atoms with Crippen LogP contribution in [0.2, 0.25) is 0 Å². The molecule has 2 aliphatic rings. The molecule has 1 saturated carbocycles. The van der Waals surface area contributed by atoms with Gasteiger partial charge in [-0.1, -0.05) is 18.2 Å². The highest BCUT2D eigenvalue weighted by Gasteiger charge is 2.59. The number of carbonyl (C=O) groups is 1. The zero-order valence-corrected chi connectivity index (χ0v) is 14.3. The van der Waals surface area contributed by atoms with Crippen LogP contribution >= 0.6 is 0 Å². The van der Waals surface area contributed by atoms with Crippen molar-refractivity contribution in [3.05, 3.63) is 54.4 Å². The zero-order chi connectivity index (χ0) is 17.5. The van der Waals surface area contributed by atoms with Gasteiger partial charge in [0.1, 0.15) is 0 Å². The quantitative estimate of drug-likeness (QED) is 0.573. The first-order valence-corrected chi connectivity index (χ1v) is 8.83. The minimum absolute atomic E-state index is 0.212. The number of pyridine rings is 1. The first kappa shape index (κ1) is 14.0. The Morgan fingerprint density at radius 1 is 1.12 bits per heavy atom. The Bertz CT molecular complexity index is 1240. The third kappa shape index (κ3) is 1.58. The maximum absolute atomic E-state index is 12.8. The summed E-state index contributed by atoms with van der Waals surface area (Å²) in [5.41, 5.74) is 6.03. The fourth-order valence-corrected chi connectivity index (χ4v) is 4.45. The lowest BCUT2D eigenvalue weighted by Crippen LogP contribution is -2.28. The Labute approximate surface area is 149 Å². The number of hydrogen-bond donors (Lipinski definition) is 1. The van der Waals surface area contributed by atoms with Gasteiger partial charge in [0.2, 0.25) is 5.91 Å². The molecule has 5 heteroatoms. The predicted molar refractivity (Wildman–Crippen MR) is 101 cm³/mol. The van der Waals surface area contributed by atoms with E-state index >= 15 is 0 Å². The van der Waals surface area contributed by atoms with Gasteiger partial charge in [0.05, 0.1) is 34.5 Å². The van der Waals surface area contributed by atoms with Gasteiger partial charge in [0.15, 0.2) is 0 Å². The SMILES string of the molecule is CN1C(=O)C2(CC2)c2c1cnc1ccc(-c3cccc4[nH]ncc34)cc21. The lowest BCUT2D eigenvalue weighted by atomic mass is 9.92. The van der Waals surface area contributed by atoms with Crippen LogP contribution in [0, 0.1) is 0 Å². The number of likely N-dealkylation sites (N-methyl/N-ethyl adjacent to an activating group) is 1. The van der Waals surface area contributed by atoms with Crippen LogP contribution < -0.4 is 4.90 Å². The second-order valence-corrected chi connectivity index (χ2v) is 7.33. The maximum Gasteiger partial charge on any atom is 0.237 e. The number of aromatic amines is 1. The van der Waals surface area contributed by atoms with E-state index in [1.54, 1.807) is 4.90 Å². The largest absolute Gasteiger partial charge is 0.313 e. The summed E-state index contributed by atoms with van der Waals surface area (Å²) in [5.74, 6) is 0.212. The molecule has 3 heterocycles. The van der Waals surface area contributed by atoms with Crippen LogP contribution in [0.25, 0.3) is 32.9 Å². The molecule has 6 rings (SSSR count). The number of nitrogens with one attached hydrogen (secondary N) is 1. The topological polar surface area (TPSA) is 61.9 Å². The monoisotopic (exact) mass is 340 g/mol. The van der Waals surface area contributed by atoms with Crippen molar-refractivity contribution in [2.75, 3.05) is 11.9 Å². The van der Waals surface area contributed by atoms with Crippen molar-refractivity contribution in [3.63, 3.8) is 0 Å². The molecule has 0 atom stereocenters. The first-order valence-electron chi connectivity index (χ1n) is 8.83. The summed E-state index contributed by atoms with van der Waals surface area (Å²) < 4.78 is 0. The molecular weight excluding hydrogens is 324 g/mol. The number of H-pyrrole nitrogens is 1. The number of fused-ring (bicyclic) bond motifs is 5.